The first kappa shape index (κ1) is 16.8. The molecule has 1 aromatic rings. The van der Waals surface area contributed by atoms with Gasteiger partial charge in [0.2, 0.25) is 11.8 Å². The molecule has 1 atom stereocenters. The molecule has 0 heterocycles. The molecule has 2 amide bonds. The number of nitrogens with two attached hydrogens (primary N) is 1. The molecule has 1 unspecified atom stereocenters. The van der Waals surface area contributed by atoms with Gasteiger partial charge in [-0.25, -0.2) is 4.79 Å². The second kappa shape index (κ2) is 8.11. The van der Waals surface area contributed by atoms with Gasteiger partial charge in [0, 0.05) is 5.02 Å². The first-order valence-corrected chi connectivity index (χ1v) is 6.45. The van der Waals surface area contributed by atoms with Crippen LogP contribution in [0.4, 0.5) is 0 Å². The van der Waals surface area contributed by atoms with Gasteiger partial charge in [-0.1, -0.05) is 17.7 Å². The molecule has 4 N–H and O–H groups in total. The number of benzene rings is 1. The van der Waals surface area contributed by atoms with Crippen molar-refractivity contribution in [3.63, 3.8) is 0 Å². The molecule has 0 spiro atoms. The number of hydrogen-bond acceptors (Lipinski definition) is 4. The van der Waals surface area contributed by atoms with Crippen molar-refractivity contribution >= 4 is 29.4 Å². The molecule has 1 aromatic carbocycles. The summed E-state index contributed by atoms with van der Waals surface area (Å²) in [5.41, 5.74) is 4.91. The van der Waals surface area contributed by atoms with E-state index in [9.17, 15) is 14.4 Å². The van der Waals surface area contributed by atoms with Gasteiger partial charge in [0.05, 0.1) is 19.4 Å². The summed E-state index contributed by atoms with van der Waals surface area (Å²) in [6, 6.07) is 5.32. The minimum atomic E-state index is -1.33. The second-order valence-electron chi connectivity index (χ2n) is 4.18. The Morgan fingerprint density at radius 1 is 1.38 bits per heavy atom. The maximum atomic E-state index is 11.6. The molecule has 8 heteroatoms. The lowest BCUT2D eigenvalue weighted by atomic mass is 10.2. The van der Waals surface area contributed by atoms with E-state index in [0.717, 1.165) is 0 Å². The summed E-state index contributed by atoms with van der Waals surface area (Å²) >= 11 is 5.77. The van der Waals surface area contributed by atoms with Crippen LogP contribution in [0.5, 0.6) is 5.75 Å². The molecule has 0 aliphatic carbocycles. The van der Waals surface area contributed by atoms with E-state index in [-0.39, 0.29) is 13.0 Å². The van der Waals surface area contributed by atoms with Crippen LogP contribution in [0.3, 0.4) is 0 Å². The molecule has 21 heavy (non-hydrogen) atoms. The molecule has 0 saturated carbocycles. The number of halogens is 1. The van der Waals surface area contributed by atoms with Crippen molar-refractivity contribution in [1.82, 2.24) is 5.32 Å². The molecule has 7 nitrogen and oxygen atoms in total. The predicted molar refractivity (Wildman–Crippen MR) is 74.9 cm³/mol. The zero-order chi connectivity index (χ0) is 15.8. The fraction of sp³-hybridized carbons (Fsp3) is 0.308. The zero-order valence-electron chi connectivity index (χ0n) is 11.0. The fourth-order valence-electron chi connectivity index (χ4n) is 1.49. The fourth-order valence-corrected chi connectivity index (χ4v) is 1.67. The van der Waals surface area contributed by atoms with Crippen LogP contribution >= 0.6 is 11.6 Å². The van der Waals surface area contributed by atoms with Gasteiger partial charge in [0.25, 0.3) is 0 Å². The van der Waals surface area contributed by atoms with Crippen molar-refractivity contribution in [1.29, 1.82) is 0 Å². The van der Waals surface area contributed by atoms with Crippen LogP contribution < -0.4 is 15.8 Å². The smallest absolute Gasteiger partial charge is 0.326 e. The van der Waals surface area contributed by atoms with Crippen molar-refractivity contribution in [2.24, 2.45) is 5.73 Å². The highest BCUT2D eigenvalue weighted by molar-refractivity contribution is 6.30. The summed E-state index contributed by atoms with van der Waals surface area (Å²) in [6.07, 6.45) is -0.523. The summed E-state index contributed by atoms with van der Waals surface area (Å²) in [4.78, 5) is 33.1. The van der Waals surface area contributed by atoms with Gasteiger partial charge in [0.1, 0.15) is 11.8 Å². The van der Waals surface area contributed by atoms with Crippen LogP contribution in [-0.2, 0) is 14.4 Å². The summed E-state index contributed by atoms with van der Waals surface area (Å²) in [6.45, 7) is 0.0507. The monoisotopic (exact) mass is 314 g/mol. The molecular formula is C13H15ClN2O5. The maximum absolute atomic E-state index is 11.6. The Bertz CT molecular complexity index is 535. The number of rotatable bonds is 8. The van der Waals surface area contributed by atoms with Crippen LogP contribution in [0.1, 0.15) is 12.8 Å². The number of amides is 2. The van der Waals surface area contributed by atoms with Gasteiger partial charge in [0.15, 0.2) is 0 Å². The molecule has 114 valence electrons. The average molecular weight is 315 g/mol. The lowest BCUT2D eigenvalue weighted by Crippen LogP contribution is -2.43. The molecule has 0 aromatic heterocycles. The number of hydrogen-bond donors (Lipinski definition) is 3. The number of primary amides is 1. The van der Waals surface area contributed by atoms with E-state index >= 15 is 0 Å². The molecule has 0 aliphatic heterocycles. The Labute approximate surface area is 126 Å². The van der Waals surface area contributed by atoms with Crippen molar-refractivity contribution in [2.75, 3.05) is 6.61 Å². The van der Waals surface area contributed by atoms with Gasteiger partial charge >= 0.3 is 5.97 Å². The minimum absolute atomic E-state index is 0.0507. The highest BCUT2D eigenvalue weighted by Crippen LogP contribution is 2.17. The number of carbonyl (C=O) groups is 3. The van der Waals surface area contributed by atoms with Gasteiger partial charge in [-0.15, -0.1) is 0 Å². The third-order valence-corrected chi connectivity index (χ3v) is 2.67. The standard InChI is InChI=1S/C13H15ClN2O5/c14-8-2-1-3-9(6-8)21-5-4-12(18)16-10(13(19)20)7-11(15)17/h1-3,6,10H,4-5,7H2,(H2,15,17)(H,16,18)(H,19,20). The average Bonchev–Trinajstić information content (AvgIpc) is 2.37. The largest absolute Gasteiger partial charge is 0.493 e. The topological polar surface area (TPSA) is 119 Å². The number of aliphatic carboxylic acids is 1. The first-order chi connectivity index (χ1) is 9.88. The van der Waals surface area contributed by atoms with Crippen LogP contribution in [0.2, 0.25) is 5.02 Å². The molecule has 0 fully saturated rings. The Balaban J connectivity index is 2.39. The van der Waals surface area contributed by atoms with Crippen molar-refractivity contribution < 1.29 is 24.2 Å². The predicted octanol–water partition coefficient (Wildman–Crippen LogP) is 0.554. The molecule has 1 rings (SSSR count). The SMILES string of the molecule is NC(=O)CC(NC(=O)CCOc1cccc(Cl)c1)C(=O)O. The van der Waals surface area contributed by atoms with Crippen LogP contribution in [0.15, 0.2) is 24.3 Å². The first-order valence-electron chi connectivity index (χ1n) is 6.07. The minimum Gasteiger partial charge on any atom is -0.493 e. The Hall–Kier alpha value is -2.28. The lowest BCUT2D eigenvalue weighted by molar-refractivity contribution is -0.143. The Morgan fingerprint density at radius 3 is 2.67 bits per heavy atom. The summed E-state index contributed by atoms with van der Waals surface area (Å²) < 4.78 is 5.30. The van der Waals surface area contributed by atoms with E-state index in [0.29, 0.717) is 10.8 Å². The van der Waals surface area contributed by atoms with Crippen molar-refractivity contribution in [3.05, 3.63) is 29.3 Å². The molecule has 0 bridgehead atoms. The van der Waals surface area contributed by atoms with Gasteiger partial charge in [-0.05, 0) is 18.2 Å². The quantitative estimate of drug-likeness (QED) is 0.647. The summed E-state index contributed by atoms with van der Waals surface area (Å²) in [5.74, 6) is -2.18. The maximum Gasteiger partial charge on any atom is 0.326 e. The third kappa shape index (κ3) is 6.62. The summed E-state index contributed by atoms with van der Waals surface area (Å²) in [5, 5.41) is 11.5. The number of ether oxygens (including phenoxy) is 1. The number of carboxylic acid groups (broad SMARTS) is 1. The number of carboxylic acids is 1. The van der Waals surface area contributed by atoms with Crippen molar-refractivity contribution in [2.45, 2.75) is 18.9 Å². The molecule has 0 aliphatic rings. The van der Waals surface area contributed by atoms with E-state index in [4.69, 9.17) is 27.2 Å². The van der Waals surface area contributed by atoms with E-state index in [1.54, 1.807) is 24.3 Å². The lowest BCUT2D eigenvalue weighted by Gasteiger charge is -2.13. The van der Waals surface area contributed by atoms with Crippen LogP contribution in [-0.4, -0.2) is 35.5 Å². The Morgan fingerprint density at radius 2 is 2.10 bits per heavy atom. The van der Waals surface area contributed by atoms with E-state index in [1.165, 1.54) is 0 Å². The van der Waals surface area contributed by atoms with Crippen molar-refractivity contribution in [3.8, 4) is 5.75 Å². The number of carbonyl (C=O) groups excluding carboxylic acids is 2. The van der Waals surface area contributed by atoms with Gasteiger partial charge in [-0.2, -0.15) is 0 Å². The van der Waals surface area contributed by atoms with E-state index in [1.807, 2.05) is 0 Å². The highest BCUT2D eigenvalue weighted by atomic mass is 35.5. The van der Waals surface area contributed by atoms with Gasteiger partial charge in [-0.3, -0.25) is 9.59 Å². The van der Waals surface area contributed by atoms with E-state index < -0.39 is 30.2 Å². The Kier molecular flexibility index (Phi) is 6.48. The zero-order valence-corrected chi connectivity index (χ0v) is 11.8. The third-order valence-electron chi connectivity index (χ3n) is 2.43. The molecular weight excluding hydrogens is 300 g/mol. The second-order valence-corrected chi connectivity index (χ2v) is 4.62. The normalized spacial score (nSPS) is 11.5. The molecule has 0 saturated heterocycles. The molecule has 0 radical (unpaired) electrons. The van der Waals surface area contributed by atoms with Gasteiger partial charge < -0.3 is 20.9 Å². The highest BCUT2D eigenvalue weighted by Gasteiger charge is 2.21. The van der Waals surface area contributed by atoms with Crippen LogP contribution in [0, 0.1) is 0 Å². The van der Waals surface area contributed by atoms with Crippen LogP contribution in [0.25, 0.3) is 0 Å². The summed E-state index contributed by atoms with van der Waals surface area (Å²) in [7, 11) is 0. The number of nitrogens with one attached hydrogen (secondary N) is 1. The van der Waals surface area contributed by atoms with E-state index in [2.05, 4.69) is 5.32 Å².